The Labute approximate surface area is 236 Å². The molecule has 0 amide bonds. The number of benzene rings is 4. The van der Waals surface area contributed by atoms with E-state index in [1.54, 1.807) is 0 Å². The monoisotopic (exact) mass is 734 g/mol. The molecule has 0 aliphatic heterocycles. The second-order valence-electron chi connectivity index (χ2n) is 7.34. The van der Waals surface area contributed by atoms with Gasteiger partial charge in [-0.3, -0.25) is 0 Å². The van der Waals surface area contributed by atoms with Gasteiger partial charge in [0.15, 0.2) is 0 Å². The zero-order chi connectivity index (χ0) is 25.6. The molecule has 8 heteroatoms. The summed E-state index contributed by atoms with van der Waals surface area (Å²) in [5.41, 5.74) is 0. The summed E-state index contributed by atoms with van der Waals surface area (Å²) in [6.45, 7) is 0. The van der Waals surface area contributed by atoms with Gasteiger partial charge in [-0.2, -0.15) is 0 Å². The van der Waals surface area contributed by atoms with Crippen LogP contribution in [0.4, 0.5) is 0 Å². The van der Waals surface area contributed by atoms with Crippen LogP contribution < -0.4 is 14.3 Å². The van der Waals surface area contributed by atoms with Crippen LogP contribution in [0.3, 0.4) is 0 Å². The van der Waals surface area contributed by atoms with Crippen LogP contribution in [0.1, 0.15) is 0 Å². The first-order chi connectivity index (χ1) is 17.6. The minimum atomic E-state index is -2.61. The van der Waals surface area contributed by atoms with Crippen LogP contribution in [-0.2, 0) is 15.7 Å². The van der Waals surface area contributed by atoms with E-state index < -0.39 is 40.3 Å². The van der Waals surface area contributed by atoms with Gasteiger partial charge in [-0.15, -0.1) is 0 Å². The van der Waals surface area contributed by atoms with Crippen molar-refractivity contribution in [3.05, 3.63) is 121 Å². The molecule has 0 aliphatic rings. The predicted molar refractivity (Wildman–Crippen MR) is 149 cm³/mol. The number of hydrogen-bond acceptors (Lipinski definition) is 4. The molecule has 0 bridgehead atoms. The maximum atomic E-state index is 11.5. The molecule has 0 atom stereocenters. The molecular weight excluding hydrogens is 709 g/mol. The van der Waals surface area contributed by atoms with Crippen LogP contribution in [-0.4, -0.2) is 64.0 Å². The first-order valence-electron chi connectivity index (χ1n) is 11.1. The van der Waals surface area contributed by atoms with Crippen LogP contribution in [0.5, 0.6) is 0 Å². The van der Waals surface area contributed by atoms with Crippen molar-refractivity contribution >= 4 is 89.8 Å². The molecule has 4 aromatic rings. The van der Waals surface area contributed by atoms with E-state index in [-0.39, 0.29) is 23.7 Å². The Hall–Kier alpha value is -2.00. The second kappa shape index (κ2) is 16.0. The molecule has 2 radical (unpaired) electrons. The molecule has 0 spiro atoms. The van der Waals surface area contributed by atoms with Crippen LogP contribution in [0, 0.1) is 0 Å². The third kappa shape index (κ3) is 9.14. The van der Waals surface area contributed by atoms with Crippen molar-refractivity contribution in [1.82, 2.24) is 0 Å². The average Bonchev–Trinajstić information content (AvgIpc) is 2.96. The van der Waals surface area contributed by atoms with Crippen molar-refractivity contribution in [2.45, 2.75) is 0 Å². The molecule has 4 nitrogen and oxygen atoms in total. The summed E-state index contributed by atoms with van der Waals surface area (Å²) < 4.78 is 15.7. The summed E-state index contributed by atoms with van der Waals surface area (Å²) in [6, 6.07) is 39.7. The van der Waals surface area contributed by atoms with Crippen molar-refractivity contribution < 1.29 is 15.7 Å². The Morgan fingerprint density at radius 1 is 0.472 bits per heavy atom. The third-order valence-corrected chi connectivity index (χ3v) is 17.5. The fourth-order valence-corrected chi connectivity index (χ4v) is 14.5. The van der Waals surface area contributed by atoms with E-state index in [4.69, 9.17) is 29.4 Å². The summed E-state index contributed by atoms with van der Waals surface area (Å²) in [6.07, 6.45) is 0. The normalized spacial score (nSPS) is 10.3. The van der Waals surface area contributed by atoms with Gasteiger partial charge in [0.1, 0.15) is 0 Å². The van der Waals surface area contributed by atoms with E-state index in [0.717, 1.165) is 14.3 Å². The molecule has 4 aromatic carbocycles. The average molecular weight is 733 g/mol. The topological polar surface area (TPSA) is 52.6 Å². The second-order valence-corrected chi connectivity index (χ2v) is 19.4. The zero-order valence-corrected chi connectivity index (χ0v) is 26.6. The van der Waals surface area contributed by atoms with E-state index >= 15 is 0 Å². The van der Waals surface area contributed by atoms with Gasteiger partial charge in [0.25, 0.3) is 0 Å². The molecule has 0 saturated heterocycles. The third-order valence-electron chi connectivity index (χ3n) is 4.79. The first-order valence-corrected chi connectivity index (χ1v) is 20.2. The summed E-state index contributed by atoms with van der Waals surface area (Å²) in [5.74, 6) is -0.856. The van der Waals surface area contributed by atoms with E-state index in [9.17, 15) is 9.59 Å². The van der Waals surface area contributed by atoms with Crippen molar-refractivity contribution in [1.29, 1.82) is 0 Å². The molecule has 0 unspecified atom stereocenters. The molecule has 0 saturated carbocycles. The van der Waals surface area contributed by atoms with Gasteiger partial charge >= 0.3 is 239 Å². The van der Waals surface area contributed by atoms with Crippen LogP contribution >= 0.6 is 23.2 Å². The fraction of sp³-hybridized carbons (Fsp3) is 0.0714. The predicted octanol–water partition coefficient (Wildman–Crippen LogP) is 3.15. The molecular formula is C28H24Cl2O4Sn2. The summed E-state index contributed by atoms with van der Waals surface area (Å²) in [5, 5.41) is 0. The van der Waals surface area contributed by atoms with E-state index in [0.29, 0.717) is 0 Å². The molecule has 182 valence electrons. The van der Waals surface area contributed by atoms with Gasteiger partial charge in [-0.1, -0.05) is 0 Å². The number of rotatable bonds is 8. The molecule has 0 heterocycles. The van der Waals surface area contributed by atoms with Crippen molar-refractivity contribution in [3.63, 3.8) is 0 Å². The molecule has 0 fully saturated rings. The number of hydrogen-bond donors (Lipinski definition) is 0. The molecule has 0 aliphatic carbocycles. The summed E-state index contributed by atoms with van der Waals surface area (Å²) >= 11 is 5.84. The van der Waals surface area contributed by atoms with Crippen LogP contribution in [0.2, 0.25) is 0 Å². The van der Waals surface area contributed by atoms with Gasteiger partial charge in [0.05, 0.1) is 0 Å². The Kier molecular flexibility index (Phi) is 12.7. The number of halogens is 2. The molecule has 36 heavy (non-hydrogen) atoms. The summed E-state index contributed by atoms with van der Waals surface area (Å²) in [7, 11) is 0. The number of carbonyl (C=O) groups is 2. The summed E-state index contributed by atoms with van der Waals surface area (Å²) in [4.78, 5) is 22.9. The standard InChI is InChI=1S/4C6H5.2C2H3ClO2.2Sn/c4*1-2-4-6-5-3-1;2*3-1-2(4)5;;/h4*1-5H;2*1H2,(H,4,5);;/q;;;;;;2*+1/p-2. The number of alkyl halides is 2. The minimum absolute atomic E-state index is 0.0935. The van der Waals surface area contributed by atoms with Gasteiger partial charge in [0, 0.05) is 0 Å². The Morgan fingerprint density at radius 3 is 0.889 bits per heavy atom. The van der Waals surface area contributed by atoms with Crippen molar-refractivity contribution in [2.75, 3.05) is 11.8 Å². The first kappa shape index (κ1) is 28.6. The Bertz CT molecular complexity index is 1020. The van der Waals surface area contributed by atoms with Crippen LogP contribution in [0.25, 0.3) is 0 Å². The van der Waals surface area contributed by atoms with E-state index in [1.165, 1.54) is 0 Å². The quantitative estimate of drug-likeness (QED) is 0.207. The van der Waals surface area contributed by atoms with Gasteiger partial charge in [-0.25, -0.2) is 0 Å². The Morgan fingerprint density at radius 2 is 0.694 bits per heavy atom. The number of carbonyl (C=O) groups excluding carboxylic acids is 2. The van der Waals surface area contributed by atoms with Crippen LogP contribution in [0.15, 0.2) is 121 Å². The molecule has 0 N–H and O–H groups in total. The SMILES string of the molecule is O=C(CCl)[O][Sn]([c]1ccccc1)[c]1ccccc1.O=C(CCl)[O][Sn]([c]1ccccc1)[c]1ccccc1. The van der Waals surface area contributed by atoms with Gasteiger partial charge in [-0.05, 0) is 0 Å². The molecule has 4 rings (SSSR count). The van der Waals surface area contributed by atoms with E-state index in [1.807, 2.05) is 121 Å². The fourth-order valence-electron chi connectivity index (χ4n) is 3.21. The molecule has 0 aromatic heterocycles. The Balaban J connectivity index is 0.000000201. The van der Waals surface area contributed by atoms with Crippen molar-refractivity contribution in [3.8, 4) is 0 Å². The maximum absolute atomic E-state index is 11.5. The van der Waals surface area contributed by atoms with E-state index in [2.05, 4.69) is 0 Å². The zero-order valence-electron chi connectivity index (χ0n) is 19.4. The van der Waals surface area contributed by atoms with Gasteiger partial charge in [0.2, 0.25) is 0 Å². The van der Waals surface area contributed by atoms with Crippen molar-refractivity contribution in [2.24, 2.45) is 0 Å². The van der Waals surface area contributed by atoms with Gasteiger partial charge < -0.3 is 0 Å².